The van der Waals surface area contributed by atoms with E-state index in [-0.39, 0.29) is 17.3 Å². The monoisotopic (exact) mass is 261 g/mol. The van der Waals surface area contributed by atoms with Crippen LogP contribution in [0.1, 0.15) is 12.5 Å². The van der Waals surface area contributed by atoms with Gasteiger partial charge in [-0.2, -0.15) is 0 Å². The predicted octanol–water partition coefficient (Wildman–Crippen LogP) is 1.76. The minimum absolute atomic E-state index is 0.0853. The lowest BCUT2D eigenvalue weighted by atomic mass is 10.0. The third-order valence-electron chi connectivity index (χ3n) is 3.15. The number of carbonyl (C=O) groups excluding carboxylic acids is 1. The van der Waals surface area contributed by atoms with E-state index in [0.29, 0.717) is 18.7 Å². The van der Waals surface area contributed by atoms with Crippen LogP contribution in [0, 0.1) is 17.0 Å². The Bertz CT molecular complexity index is 572. The molecule has 0 radical (unpaired) electrons. The first-order valence-corrected chi connectivity index (χ1v) is 5.95. The maximum atomic E-state index is 12.0. The highest BCUT2D eigenvalue weighted by molar-refractivity contribution is 6.05. The van der Waals surface area contributed by atoms with Gasteiger partial charge in [0.1, 0.15) is 5.69 Å². The van der Waals surface area contributed by atoms with Crippen LogP contribution < -0.4 is 10.6 Å². The molecule has 6 nitrogen and oxygen atoms in total. The third kappa shape index (κ3) is 2.79. The molecule has 0 unspecified atom stereocenters. The number of amides is 1. The number of nitrogens with zero attached hydrogens (tertiary/aromatic N) is 1. The van der Waals surface area contributed by atoms with Crippen LogP contribution in [0.5, 0.6) is 0 Å². The SMILES string of the molecule is CC(C(=O)Nc1ccc(C)cc1[N+](=O)[O-])=C1CNC1. The number of hydrogen-bond donors (Lipinski definition) is 2. The maximum absolute atomic E-state index is 12.0. The summed E-state index contributed by atoms with van der Waals surface area (Å²) in [5, 5.41) is 16.6. The van der Waals surface area contributed by atoms with Crippen molar-refractivity contribution in [1.82, 2.24) is 5.32 Å². The molecule has 0 saturated carbocycles. The van der Waals surface area contributed by atoms with Gasteiger partial charge < -0.3 is 10.6 Å². The summed E-state index contributed by atoms with van der Waals surface area (Å²) in [4.78, 5) is 22.5. The molecular weight excluding hydrogens is 246 g/mol. The Morgan fingerprint density at radius 2 is 2.11 bits per heavy atom. The molecule has 0 aromatic heterocycles. The van der Waals surface area contributed by atoms with Gasteiger partial charge in [-0.1, -0.05) is 6.07 Å². The summed E-state index contributed by atoms with van der Waals surface area (Å²) in [5.41, 5.74) is 2.58. The molecule has 0 atom stereocenters. The van der Waals surface area contributed by atoms with E-state index in [2.05, 4.69) is 10.6 Å². The van der Waals surface area contributed by atoms with Crippen LogP contribution in [0.15, 0.2) is 29.3 Å². The second-order valence-corrected chi connectivity index (χ2v) is 4.56. The van der Waals surface area contributed by atoms with Crippen molar-refractivity contribution in [3.63, 3.8) is 0 Å². The van der Waals surface area contributed by atoms with E-state index < -0.39 is 4.92 Å². The Morgan fingerprint density at radius 1 is 1.42 bits per heavy atom. The highest BCUT2D eigenvalue weighted by Gasteiger charge is 2.19. The topological polar surface area (TPSA) is 84.3 Å². The fourth-order valence-corrected chi connectivity index (χ4v) is 1.79. The van der Waals surface area contributed by atoms with Gasteiger partial charge in [0.2, 0.25) is 0 Å². The van der Waals surface area contributed by atoms with E-state index in [1.807, 2.05) is 0 Å². The first-order valence-electron chi connectivity index (χ1n) is 5.95. The van der Waals surface area contributed by atoms with Crippen LogP contribution in [-0.4, -0.2) is 23.9 Å². The minimum Gasteiger partial charge on any atom is -0.317 e. The summed E-state index contributed by atoms with van der Waals surface area (Å²) < 4.78 is 0. The molecule has 1 aromatic carbocycles. The smallest absolute Gasteiger partial charge is 0.293 e. The van der Waals surface area contributed by atoms with Crippen LogP contribution in [0.3, 0.4) is 0 Å². The highest BCUT2D eigenvalue weighted by atomic mass is 16.6. The molecule has 1 aliphatic rings. The minimum atomic E-state index is -0.490. The van der Waals surface area contributed by atoms with Gasteiger partial charge in [0.25, 0.3) is 11.6 Å². The third-order valence-corrected chi connectivity index (χ3v) is 3.15. The molecule has 0 aliphatic carbocycles. The second-order valence-electron chi connectivity index (χ2n) is 4.56. The van der Waals surface area contributed by atoms with Crippen LogP contribution in [-0.2, 0) is 4.79 Å². The van der Waals surface area contributed by atoms with Crippen molar-refractivity contribution in [3.05, 3.63) is 45.0 Å². The molecule has 100 valence electrons. The van der Waals surface area contributed by atoms with Gasteiger partial charge in [-0.3, -0.25) is 14.9 Å². The van der Waals surface area contributed by atoms with Crippen molar-refractivity contribution in [3.8, 4) is 0 Å². The summed E-state index contributed by atoms with van der Waals surface area (Å²) in [5.74, 6) is -0.288. The molecule has 19 heavy (non-hydrogen) atoms. The van der Waals surface area contributed by atoms with Gasteiger partial charge in [0.05, 0.1) is 4.92 Å². The number of benzene rings is 1. The fourth-order valence-electron chi connectivity index (χ4n) is 1.79. The number of hydrogen-bond acceptors (Lipinski definition) is 4. The zero-order valence-electron chi connectivity index (χ0n) is 10.8. The zero-order valence-corrected chi connectivity index (χ0v) is 10.8. The van der Waals surface area contributed by atoms with Crippen molar-refractivity contribution >= 4 is 17.3 Å². The zero-order chi connectivity index (χ0) is 14.0. The number of aryl methyl sites for hydroxylation is 1. The number of nitro groups is 1. The predicted molar refractivity (Wildman–Crippen MR) is 72.0 cm³/mol. The van der Waals surface area contributed by atoms with E-state index in [1.165, 1.54) is 6.07 Å². The molecule has 1 saturated heterocycles. The summed E-state index contributed by atoms with van der Waals surface area (Å²) in [6.07, 6.45) is 0. The van der Waals surface area contributed by atoms with Crippen molar-refractivity contribution in [2.45, 2.75) is 13.8 Å². The van der Waals surface area contributed by atoms with Crippen molar-refractivity contribution in [1.29, 1.82) is 0 Å². The molecule has 2 rings (SSSR count). The van der Waals surface area contributed by atoms with E-state index in [1.54, 1.807) is 26.0 Å². The lowest BCUT2D eigenvalue weighted by Gasteiger charge is -2.21. The number of carbonyl (C=O) groups is 1. The number of nitro benzene ring substituents is 1. The van der Waals surface area contributed by atoms with Crippen molar-refractivity contribution < 1.29 is 9.72 Å². The summed E-state index contributed by atoms with van der Waals surface area (Å²) in [6, 6.07) is 4.74. The fraction of sp³-hybridized carbons (Fsp3) is 0.308. The quantitative estimate of drug-likeness (QED) is 0.493. The average Bonchev–Trinajstić information content (AvgIpc) is 2.28. The van der Waals surface area contributed by atoms with Gasteiger partial charge in [0.15, 0.2) is 0 Å². The van der Waals surface area contributed by atoms with E-state index in [0.717, 1.165) is 11.1 Å². The maximum Gasteiger partial charge on any atom is 0.293 e. The summed E-state index contributed by atoms with van der Waals surface area (Å²) in [7, 11) is 0. The molecule has 1 amide bonds. The Balaban J connectivity index is 2.24. The summed E-state index contributed by atoms with van der Waals surface area (Å²) >= 11 is 0. The molecule has 1 aromatic rings. The molecule has 1 fully saturated rings. The lowest BCUT2D eigenvalue weighted by molar-refractivity contribution is -0.384. The molecule has 6 heteroatoms. The molecule has 0 bridgehead atoms. The average molecular weight is 261 g/mol. The normalized spacial score (nSPS) is 13.7. The van der Waals surface area contributed by atoms with E-state index in [4.69, 9.17) is 0 Å². The Labute approximate surface area is 110 Å². The Hall–Kier alpha value is -2.21. The lowest BCUT2D eigenvalue weighted by Crippen LogP contribution is -2.36. The van der Waals surface area contributed by atoms with Crippen LogP contribution in [0.4, 0.5) is 11.4 Å². The number of rotatable bonds is 3. The standard InChI is InChI=1S/C13H15N3O3/c1-8-3-4-11(12(5-8)16(18)19)15-13(17)9(2)10-6-14-7-10/h3-5,14H,6-7H2,1-2H3,(H,15,17). The first-order chi connectivity index (χ1) is 8.99. The summed E-state index contributed by atoms with van der Waals surface area (Å²) in [6.45, 7) is 4.90. The van der Waals surface area contributed by atoms with Gasteiger partial charge in [0, 0.05) is 24.7 Å². The van der Waals surface area contributed by atoms with Gasteiger partial charge in [-0.05, 0) is 31.1 Å². The molecule has 1 heterocycles. The molecule has 0 spiro atoms. The number of nitrogens with one attached hydrogen (secondary N) is 2. The van der Waals surface area contributed by atoms with Crippen LogP contribution >= 0.6 is 0 Å². The highest BCUT2D eigenvalue weighted by Crippen LogP contribution is 2.26. The molecular formula is C13H15N3O3. The molecule has 1 aliphatic heterocycles. The van der Waals surface area contributed by atoms with Gasteiger partial charge >= 0.3 is 0 Å². The Kier molecular flexibility index (Phi) is 3.62. The second kappa shape index (κ2) is 5.19. The Morgan fingerprint density at radius 3 is 2.63 bits per heavy atom. The van der Waals surface area contributed by atoms with Gasteiger partial charge in [-0.15, -0.1) is 0 Å². The largest absolute Gasteiger partial charge is 0.317 e. The van der Waals surface area contributed by atoms with E-state index in [9.17, 15) is 14.9 Å². The molecule has 2 N–H and O–H groups in total. The van der Waals surface area contributed by atoms with Crippen molar-refractivity contribution in [2.24, 2.45) is 0 Å². The van der Waals surface area contributed by atoms with Crippen LogP contribution in [0.25, 0.3) is 0 Å². The van der Waals surface area contributed by atoms with Crippen molar-refractivity contribution in [2.75, 3.05) is 18.4 Å². The van der Waals surface area contributed by atoms with Crippen LogP contribution in [0.2, 0.25) is 0 Å². The number of anilines is 1. The first kappa shape index (κ1) is 13.2. The van der Waals surface area contributed by atoms with E-state index >= 15 is 0 Å². The van der Waals surface area contributed by atoms with Gasteiger partial charge in [-0.25, -0.2) is 0 Å².